The molecule has 0 unspecified atom stereocenters. The number of carbonyl (C=O) groups is 1. The molecule has 0 fully saturated rings. The Bertz CT molecular complexity index is 572. The molecule has 0 amide bonds. The summed E-state index contributed by atoms with van der Waals surface area (Å²) in [5.74, 6) is -0.268. The fraction of sp³-hybridized carbons (Fsp3) is 0.364. The Morgan fingerprint density at radius 3 is 2.75 bits per heavy atom. The maximum Gasteiger partial charge on any atom is 0.338 e. The average molecular weight is 219 g/mol. The van der Waals surface area contributed by atoms with Crippen molar-refractivity contribution in [1.29, 1.82) is 0 Å². The highest BCUT2D eigenvalue weighted by Gasteiger charge is 2.17. The highest BCUT2D eigenvalue weighted by atomic mass is 16.4. The van der Waals surface area contributed by atoms with Gasteiger partial charge in [0, 0.05) is 13.2 Å². The number of hydrogen-bond donors (Lipinski definition) is 1. The van der Waals surface area contributed by atoms with Crippen LogP contribution in [0.1, 0.15) is 28.8 Å². The van der Waals surface area contributed by atoms with Crippen molar-refractivity contribution in [2.24, 2.45) is 7.05 Å². The van der Waals surface area contributed by atoms with Gasteiger partial charge in [-0.1, -0.05) is 6.92 Å². The van der Waals surface area contributed by atoms with E-state index in [4.69, 9.17) is 5.11 Å². The van der Waals surface area contributed by atoms with Crippen molar-refractivity contribution in [3.63, 3.8) is 0 Å². The molecule has 2 heterocycles. The van der Waals surface area contributed by atoms with Crippen molar-refractivity contribution in [2.45, 2.75) is 20.3 Å². The van der Waals surface area contributed by atoms with E-state index in [1.807, 2.05) is 13.8 Å². The monoisotopic (exact) mass is 219 g/mol. The quantitative estimate of drug-likeness (QED) is 0.831. The van der Waals surface area contributed by atoms with Crippen LogP contribution >= 0.6 is 0 Å². The number of aromatic nitrogens is 3. The molecule has 2 rings (SSSR count). The van der Waals surface area contributed by atoms with E-state index in [1.165, 1.54) is 0 Å². The molecular formula is C11H13N3O2. The summed E-state index contributed by atoms with van der Waals surface area (Å²) >= 11 is 0. The summed E-state index contributed by atoms with van der Waals surface area (Å²) in [5.41, 5.74) is 1.75. The van der Waals surface area contributed by atoms with Crippen LogP contribution in [0.15, 0.2) is 6.20 Å². The largest absolute Gasteiger partial charge is 0.478 e. The second-order valence-corrected chi connectivity index (χ2v) is 3.73. The summed E-state index contributed by atoms with van der Waals surface area (Å²) in [6, 6.07) is 0. The van der Waals surface area contributed by atoms with E-state index in [1.54, 1.807) is 17.8 Å². The molecule has 1 N–H and O–H groups in total. The molecule has 0 spiro atoms. The summed E-state index contributed by atoms with van der Waals surface area (Å²) in [6.07, 6.45) is 2.28. The zero-order chi connectivity index (χ0) is 11.9. The smallest absolute Gasteiger partial charge is 0.338 e. The fourth-order valence-corrected chi connectivity index (χ4v) is 1.88. The van der Waals surface area contributed by atoms with Gasteiger partial charge in [0.15, 0.2) is 0 Å². The molecule has 5 nitrogen and oxygen atoms in total. The van der Waals surface area contributed by atoms with Gasteiger partial charge in [0.25, 0.3) is 0 Å². The molecule has 0 atom stereocenters. The van der Waals surface area contributed by atoms with Crippen LogP contribution in [0.2, 0.25) is 0 Å². The first-order valence-electron chi connectivity index (χ1n) is 5.10. The van der Waals surface area contributed by atoms with E-state index in [-0.39, 0.29) is 5.56 Å². The molecule has 16 heavy (non-hydrogen) atoms. The number of aryl methyl sites for hydroxylation is 3. The van der Waals surface area contributed by atoms with Crippen LogP contribution in [-0.2, 0) is 13.5 Å². The Morgan fingerprint density at radius 1 is 1.50 bits per heavy atom. The Morgan fingerprint density at radius 2 is 2.19 bits per heavy atom. The van der Waals surface area contributed by atoms with E-state index in [0.717, 1.165) is 5.69 Å². The van der Waals surface area contributed by atoms with Gasteiger partial charge in [-0.25, -0.2) is 14.8 Å². The van der Waals surface area contributed by atoms with Gasteiger partial charge in [0.05, 0.1) is 16.6 Å². The SMILES string of the molecule is CCc1nc(C)nc2c1c(C(=O)O)cn2C. The summed E-state index contributed by atoms with van der Waals surface area (Å²) in [7, 11) is 1.79. The van der Waals surface area contributed by atoms with Gasteiger partial charge in [0.2, 0.25) is 0 Å². The van der Waals surface area contributed by atoms with E-state index < -0.39 is 5.97 Å². The third kappa shape index (κ3) is 1.44. The van der Waals surface area contributed by atoms with E-state index in [9.17, 15) is 4.79 Å². The lowest BCUT2D eigenvalue weighted by Crippen LogP contribution is -2.00. The number of hydrogen-bond acceptors (Lipinski definition) is 3. The van der Waals surface area contributed by atoms with Crippen LogP contribution in [0.25, 0.3) is 11.0 Å². The molecule has 0 aliphatic rings. The Balaban J connectivity index is 2.91. The number of aromatic carboxylic acids is 1. The number of rotatable bonds is 2. The van der Waals surface area contributed by atoms with Crippen LogP contribution in [-0.4, -0.2) is 25.6 Å². The van der Waals surface area contributed by atoms with Gasteiger partial charge in [-0.3, -0.25) is 0 Å². The molecule has 2 aromatic heterocycles. The minimum atomic E-state index is -0.937. The summed E-state index contributed by atoms with van der Waals surface area (Å²) < 4.78 is 1.73. The topological polar surface area (TPSA) is 68.0 Å². The highest BCUT2D eigenvalue weighted by Crippen LogP contribution is 2.22. The Labute approximate surface area is 92.8 Å². The standard InChI is InChI=1S/C11H13N3O2/c1-4-8-9-7(11(15)16)5-14(3)10(9)13-6(2)12-8/h5H,4H2,1-3H3,(H,15,16). The Hall–Kier alpha value is -1.91. The van der Waals surface area contributed by atoms with Crippen molar-refractivity contribution in [1.82, 2.24) is 14.5 Å². The molecule has 0 aliphatic heterocycles. The molecule has 0 bridgehead atoms. The second kappa shape index (κ2) is 3.59. The highest BCUT2D eigenvalue weighted by molar-refractivity contribution is 6.03. The minimum absolute atomic E-state index is 0.273. The summed E-state index contributed by atoms with van der Waals surface area (Å²) in [6.45, 7) is 3.77. The van der Waals surface area contributed by atoms with Crippen LogP contribution in [0.4, 0.5) is 0 Å². The molecule has 84 valence electrons. The summed E-state index contributed by atoms with van der Waals surface area (Å²) in [4.78, 5) is 19.7. The molecular weight excluding hydrogens is 206 g/mol. The number of fused-ring (bicyclic) bond motifs is 1. The van der Waals surface area contributed by atoms with Gasteiger partial charge < -0.3 is 9.67 Å². The molecule has 0 aliphatic carbocycles. The molecule has 0 saturated heterocycles. The second-order valence-electron chi connectivity index (χ2n) is 3.73. The predicted octanol–water partition coefficient (Wildman–Crippen LogP) is 1.54. The minimum Gasteiger partial charge on any atom is -0.478 e. The maximum absolute atomic E-state index is 11.1. The van der Waals surface area contributed by atoms with Gasteiger partial charge in [0.1, 0.15) is 11.5 Å². The fourth-order valence-electron chi connectivity index (χ4n) is 1.88. The first-order valence-corrected chi connectivity index (χ1v) is 5.10. The first-order chi connectivity index (χ1) is 7.54. The lowest BCUT2D eigenvalue weighted by Gasteiger charge is -2.02. The average Bonchev–Trinajstić information content (AvgIpc) is 2.55. The number of carboxylic acids is 1. The third-order valence-electron chi connectivity index (χ3n) is 2.57. The zero-order valence-electron chi connectivity index (χ0n) is 9.48. The maximum atomic E-state index is 11.1. The van der Waals surface area contributed by atoms with Crippen molar-refractivity contribution in [2.75, 3.05) is 0 Å². The van der Waals surface area contributed by atoms with Crippen LogP contribution in [0, 0.1) is 6.92 Å². The van der Waals surface area contributed by atoms with E-state index in [0.29, 0.717) is 23.3 Å². The van der Waals surface area contributed by atoms with Gasteiger partial charge in [-0.15, -0.1) is 0 Å². The van der Waals surface area contributed by atoms with Gasteiger partial charge in [-0.2, -0.15) is 0 Å². The third-order valence-corrected chi connectivity index (χ3v) is 2.57. The molecule has 0 aromatic carbocycles. The van der Waals surface area contributed by atoms with Crippen LogP contribution in [0.5, 0.6) is 0 Å². The van der Waals surface area contributed by atoms with Crippen molar-refractivity contribution in [3.05, 3.63) is 23.3 Å². The van der Waals surface area contributed by atoms with Crippen LogP contribution in [0.3, 0.4) is 0 Å². The first kappa shape index (κ1) is 10.6. The predicted molar refractivity (Wildman–Crippen MR) is 59.6 cm³/mol. The van der Waals surface area contributed by atoms with Crippen LogP contribution < -0.4 is 0 Å². The molecule has 5 heteroatoms. The van der Waals surface area contributed by atoms with E-state index >= 15 is 0 Å². The molecule has 2 aromatic rings. The van der Waals surface area contributed by atoms with Gasteiger partial charge >= 0.3 is 5.97 Å². The lowest BCUT2D eigenvalue weighted by atomic mass is 10.1. The van der Waals surface area contributed by atoms with Gasteiger partial charge in [-0.05, 0) is 13.3 Å². The zero-order valence-corrected chi connectivity index (χ0v) is 9.48. The van der Waals surface area contributed by atoms with Crippen molar-refractivity contribution in [3.8, 4) is 0 Å². The summed E-state index contributed by atoms with van der Waals surface area (Å²) in [5, 5.41) is 9.77. The molecule has 0 radical (unpaired) electrons. The normalized spacial score (nSPS) is 10.9. The van der Waals surface area contributed by atoms with Crippen molar-refractivity contribution >= 4 is 17.0 Å². The lowest BCUT2D eigenvalue weighted by molar-refractivity contribution is 0.0698. The number of nitrogens with zero attached hydrogens (tertiary/aromatic N) is 3. The Kier molecular flexibility index (Phi) is 2.38. The molecule has 0 saturated carbocycles. The van der Waals surface area contributed by atoms with E-state index in [2.05, 4.69) is 9.97 Å². The van der Waals surface area contributed by atoms with Crippen molar-refractivity contribution < 1.29 is 9.90 Å². The number of carboxylic acid groups (broad SMARTS) is 1.